The van der Waals surface area contributed by atoms with Gasteiger partial charge in [-0.2, -0.15) is 0 Å². The molecule has 3 aromatic rings. The molecule has 0 saturated carbocycles. The second kappa shape index (κ2) is 10.6. The summed E-state index contributed by atoms with van der Waals surface area (Å²) in [5.41, 5.74) is 1.59. The molecule has 1 aliphatic carbocycles. The Balaban J connectivity index is 1.84. The number of carbonyl (C=O) groups is 3. The van der Waals surface area contributed by atoms with Crippen molar-refractivity contribution >= 4 is 29.5 Å². The number of aryl methyl sites for hydroxylation is 1. The molecule has 2 aliphatic rings. The molecule has 7 nitrogen and oxygen atoms in total. The molecule has 196 valence electrons. The van der Waals surface area contributed by atoms with E-state index < -0.39 is 23.8 Å². The first-order valence-corrected chi connectivity index (χ1v) is 12.4. The topological polar surface area (TPSA) is 82.1 Å². The Kier molecular flexibility index (Phi) is 7.00. The fraction of sp³-hybridized carbons (Fsp3) is 0.156. The van der Waals surface area contributed by atoms with E-state index in [9.17, 15) is 14.4 Å². The number of ether oxygens (including phenoxy) is 3. The lowest BCUT2D eigenvalue weighted by atomic mass is 9.76. The number of carbonyl (C=O) groups excluding carboxylic acids is 3. The normalized spacial score (nSPS) is 20.3. The van der Waals surface area contributed by atoms with Crippen LogP contribution in [0.3, 0.4) is 0 Å². The number of hydrogen-bond donors (Lipinski definition) is 0. The number of benzene rings is 3. The molecule has 1 spiro atoms. The highest BCUT2D eigenvalue weighted by atomic mass is 16.6. The summed E-state index contributed by atoms with van der Waals surface area (Å²) in [4.78, 5) is 41.6. The van der Waals surface area contributed by atoms with Gasteiger partial charge in [0.1, 0.15) is 16.9 Å². The minimum atomic E-state index is -1.60. The second-order valence-corrected chi connectivity index (χ2v) is 9.17. The standard InChI is InChI=1S/C32H27NO6/c1-21-13-16-23(17-14-21)33-27(18-15-22-9-5-4-6-10-22)39-32(28(30(35)37-2)29(33)31(36)38-3)20-19-26(34)24-11-7-8-12-25(24)32/h4-20,27H,1-3H3/b18-15+. The molecule has 0 radical (unpaired) electrons. The Morgan fingerprint density at radius 2 is 1.56 bits per heavy atom. The molecule has 39 heavy (non-hydrogen) atoms. The van der Waals surface area contributed by atoms with Crippen molar-refractivity contribution in [3.05, 3.63) is 131 Å². The fourth-order valence-corrected chi connectivity index (χ4v) is 4.95. The van der Waals surface area contributed by atoms with Gasteiger partial charge in [-0.25, -0.2) is 9.59 Å². The molecule has 0 amide bonds. The monoisotopic (exact) mass is 521 g/mol. The van der Waals surface area contributed by atoms with Crippen LogP contribution in [0.2, 0.25) is 0 Å². The van der Waals surface area contributed by atoms with Crippen molar-refractivity contribution in [2.45, 2.75) is 18.8 Å². The minimum Gasteiger partial charge on any atom is -0.465 e. The van der Waals surface area contributed by atoms with Crippen molar-refractivity contribution in [1.29, 1.82) is 0 Å². The van der Waals surface area contributed by atoms with E-state index in [1.807, 2.05) is 67.6 Å². The van der Waals surface area contributed by atoms with Gasteiger partial charge in [0, 0.05) is 16.8 Å². The second-order valence-electron chi connectivity index (χ2n) is 9.17. The molecule has 7 heteroatoms. The molecule has 5 rings (SSSR count). The molecule has 0 fully saturated rings. The molecule has 3 aromatic carbocycles. The predicted octanol–water partition coefficient (Wildman–Crippen LogP) is 5.12. The molecule has 0 aromatic heterocycles. The summed E-state index contributed by atoms with van der Waals surface area (Å²) in [7, 11) is 2.49. The van der Waals surface area contributed by atoms with Crippen LogP contribution in [-0.2, 0) is 29.4 Å². The summed E-state index contributed by atoms with van der Waals surface area (Å²) in [5.74, 6) is -1.77. The average molecular weight is 522 g/mol. The van der Waals surface area contributed by atoms with Gasteiger partial charge in [0.05, 0.1) is 14.2 Å². The highest BCUT2D eigenvalue weighted by Gasteiger charge is 2.53. The quantitative estimate of drug-likeness (QED) is 0.431. The third-order valence-corrected chi connectivity index (χ3v) is 6.81. The molecule has 2 unspecified atom stereocenters. The van der Waals surface area contributed by atoms with E-state index in [2.05, 4.69) is 0 Å². The smallest absolute Gasteiger partial charge is 0.355 e. The molecule has 1 heterocycles. The number of allylic oxidation sites excluding steroid dienone is 1. The van der Waals surface area contributed by atoms with Crippen molar-refractivity contribution in [2.24, 2.45) is 0 Å². The first-order chi connectivity index (χ1) is 18.9. The molecule has 2 atom stereocenters. The van der Waals surface area contributed by atoms with E-state index in [4.69, 9.17) is 14.2 Å². The van der Waals surface area contributed by atoms with Crippen molar-refractivity contribution in [3.63, 3.8) is 0 Å². The number of nitrogens with zero attached hydrogens (tertiary/aromatic N) is 1. The van der Waals surface area contributed by atoms with E-state index in [0.717, 1.165) is 11.1 Å². The van der Waals surface area contributed by atoms with Gasteiger partial charge in [0.25, 0.3) is 0 Å². The lowest BCUT2D eigenvalue weighted by molar-refractivity contribution is -0.145. The Morgan fingerprint density at radius 3 is 2.26 bits per heavy atom. The molecule has 1 aliphatic heterocycles. The molecular formula is C32H27NO6. The van der Waals surface area contributed by atoms with E-state index in [0.29, 0.717) is 16.8 Å². The predicted molar refractivity (Wildman–Crippen MR) is 147 cm³/mol. The van der Waals surface area contributed by atoms with E-state index in [-0.39, 0.29) is 17.1 Å². The number of fused-ring (bicyclic) bond motifs is 2. The van der Waals surface area contributed by atoms with Gasteiger partial charge < -0.3 is 19.1 Å². The molecule has 0 N–H and O–H groups in total. The number of rotatable bonds is 5. The Morgan fingerprint density at radius 1 is 0.897 bits per heavy atom. The van der Waals surface area contributed by atoms with E-state index >= 15 is 0 Å². The summed E-state index contributed by atoms with van der Waals surface area (Å²) >= 11 is 0. The van der Waals surface area contributed by atoms with Crippen LogP contribution in [0.5, 0.6) is 0 Å². The number of esters is 2. The van der Waals surface area contributed by atoms with Gasteiger partial charge in [-0.05, 0) is 42.8 Å². The maximum Gasteiger partial charge on any atom is 0.355 e. The Bertz CT molecular complexity index is 1520. The molecule has 0 bridgehead atoms. The van der Waals surface area contributed by atoms with Gasteiger partial charge in [-0.3, -0.25) is 4.79 Å². The lowest BCUT2D eigenvalue weighted by Crippen LogP contribution is -2.54. The first kappa shape index (κ1) is 25.9. The largest absolute Gasteiger partial charge is 0.465 e. The van der Waals surface area contributed by atoms with Crippen LogP contribution in [0.25, 0.3) is 6.08 Å². The summed E-state index contributed by atoms with van der Waals surface area (Å²) in [5, 5.41) is 0. The van der Waals surface area contributed by atoms with Crippen molar-refractivity contribution in [1.82, 2.24) is 0 Å². The first-order valence-electron chi connectivity index (χ1n) is 12.4. The third kappa shape index (κ3) is 4.57. The zero-order valence-electron chi connectivity index (χ0n) is 21.8. The minimum absolute atomic E-state index is 0.0454. The van der Waals surface area contributed by atoms with E-state index in [1.165, 1.54) is 26.4 Å². The van der Waals surface area contributed by atoms with Crippen molar-refractivity contribution in [2.75, 3.05) is 19.1 Å². The highest BCUT2D eigenvalue weighted by molar-refractivity contribution is 6.11. The number of hydrogen-bond acceptors (Lipinski definition) is 7. The van der Waals surface area contributed by atoms with Crippen LogP contribution in [0.15, 0.2) is 108 Å². The van der Waals surface area contributed by atoms with Gasteiger partial charge in [-0.1, -0.05) is 78.4 Å². The van der Waals surface area contributed by atoms with Crippen LogP contribution >= 0.6 is 0 Å². The Labute approximate surface area is 226 Å². The maximum absolute atomic E-state index is 13.6. The zero-order valence-corrected chi connectivity index (χ0v) is 21.8. The van der Waals surface area contributed by atoms with Crippen molar-refractivity contribution < 1.29 is 28.6 Å². The highest BCUT2D eigenvalue weighted by Crippen LogP contribution is 2.48. The van der Waals surface area contributed by atoms with Crippen LogP contribution in [0.1, 0.15) is 27.0 Å². The number of ketones is 1. The third-order valence-electron chi connectivity index (χ3n) is 6.81. The van der Waals surface area contributed by atoms with Gasteiger partial charge in [0.2, 0.25) is 0 Å². The van der Waals surface area contributed by atoms with Crippen LogP contribution in [-0.4, -0.2) is 38.2 Å². The molecular weight excluding hydrogens is 494 g/mol. The number of methoxy groups -OCH3 is 2. The van der Waals surface area contributed by atoms with Crippen molar-refractivity contribution in [3.8, 4) is 0 Å². The SMILES string of the molecule is COC(=O)C1=C(C(=O)OC)C2(C=CC(=O)c3ccccc32)OC(/C=C/c2ccccc2)N1c1ccc(C)cc1. The summed E-state index contributed by atoms with van der Waals surface area (Å²) in [6.07, 6.45) is 5.67. The van der Waals surface area contributed by atoms with Crippen LogP contribution in [0, 0.1) is 6.92 Å². The van der Waals surface area contributed by atoms with Crippen LogP contribution in [0.4, 0.5) is 5.69 Å². The average Bonchev–Trinajstić information content (AvgIpc) is 2.98. The lowest BCUT2D eigenvalue weighted by Gasteiger charge is -2.47. The number of anilines is 1. The maximum atomic E-state index is 13.6. The Hall–Kier alpha value is -4.75. The zero-order chi connectivity index (χ0) is 27.6. The van der Waals surface area contributed by atoms with Crippen LogP contribution < -0.4 is 4.90 Å². The van der Waals surface area contributed by atoms with Gasteiger partial charge >= 0.3 is 11.9 Å². The summed E-state index contributed by atoms with van der Waals surface area (Å²) in [6, 6.07) is 24.0. The van der Waals surface area contributed by atoms with Gasteiger partial charge in [0.15, 0.2) is 12.0 Å². The summed E-state index contributed by atoms with van der Waals surface area (Å²) in [6.45, 7) is 1.95. The van der Waals surface area contributed by atoms with Gasteiger partial charge in [-0.15, -0.1) is 0 Å². The molecule has 0 saturated heterocycles. The summed E-state index contributed by atoms with van der Waals surface area (Å²) < 4.78 is 17.2. The fourth-order valence-electron chi connectivity index (χ4n) is 4.95. The van der Waals surface area contributed by atoms with E-state index in [1.54, 1.807) is 35.2 Å².